The maximum atomic E-state index is 12.2. The number of anilines is 1. The summed E-state index contributed by atoms with van der Waals surface area (Å²) in [4.78, 5) is 13.4. The molecule has 5 nitrogen and oxygen atoms in total. The molecule has 2 aromatic heterocycles. The van der Waals surface area contributed by atoms with Crippen LogP contribution < -0.4 is 16.0 Å². The smallest absolute Gasteiger partial charge is 0.320 e. The van der Waals surface area contributed by atoms with Crippen LogP contribution in [0, 0.1) is 6.92 Å². The molecule has 2 atom stereocenters. The lowest BCUT2D eigenvalue weighted by Gasteiger charge is -2.32. The number of carbonyl (C=O) groups excluding carboxylic acids is 1. The summed E-state index contributed by atoms with van der Waals surface area (Å²) in [5.74, 6) is 0.250. The van der Waals surface area contributed by atoms with Gasteiger partial charge >= 0.3 is 6.03 Å². The number of nitrogens with one attached hydrogen (secondary N) is 3. The molecule has 1 saturated heterocycles. The third-order valence-electron chi connectivity index (χ3n) is 3.62. The van der Waals surface area contributed by atoms with Crippen LogP contribution in [-0.4, -0.2) is 29.5 Å². The highest BCUT2D eigenvalue weighted by Gasteiger charge is 2.28. The number of piperidine rings is 1. The Morgan fingerprint density at radius 1 is 1.50 bits per heavy atom. The van der Waals surface area contributed by atoms with Crippen LogP contribution >= 0.6 is 34.5 Å². The van der Waals surface area contributed by atoms with E-state index in [1.54, 1.807) is 11.3 Å². The zero-order chi connectivity index (χ0) is 15.5. The quantitative estimate of drug-likeness (QED) is 0.789. The Hall–Kier alpha value is -1.15. The number of thiophene rings is 1. The van der Waals surface area contributed by atoms with Crippen molar-refractivity contribution in [3.05, 3.63) is 33.1 Å². The molecule has 3 heterocycles. The highest BCUT2D eigenvalue weighted by Crippen LogP contribution is 2.32. The fraction of sp³-hybridized carbons (Fsp3) is 0.429. The monoisotopic (exact) mass is 356 g/mol. The van der Waals surface area contributed by atoms with Crippen LogP contribution in [0.3, 0.4) is 0 Å². The number of urea groups is 1. The van der Waals surface area contributed by atoms with E-state index in [2.05, 4.69) is 20.3 Å². The van der Waals surface area contributed by atoms with Crippen molar-refractivity contribution in [3.63, 3.8) is 0 Å². The van der Waals surface area contributed by atoms with E-state index in [-0.39, 0.29) is 18.0 Å². The molecule has 3 rings (SSSR count). The van der Waals surface area contributed by atoms with Crippen molar-refractivity contribution in [2.45, 2.75) is 25.3 Å². The molecule has 0 aromatic carbocycles. The molecule has 0 unspecified atom stereocenters. The van der Waals surface area contributed by atoms with Gasteiger partial charge in [0.1, 0.15) is 5.00 Å². The van der Waals surface area contributed by atoms with Crippen LogP contribution in [0.5, 0.6) is 0 Å². The lowest BCUT2D eigenvalue weighted by Crippen LogP contribution is -2.49. The zero-order valence-corrected chi connectivity index (χ0v) is 14.4. The van der Waals surface area contributed by atoms with Crippen LogP contribution in [0.2, 0.25) is 4.34 Å². The minimum atomic E-state index is -0.178. The Balaban J connectivity index is 1.64. The lowest BCUT2D eigenvalue weighted by molar-refractivity contribution is 0.242. The minimum Gasteiger partial charge on any atom is -0.334 e. The van der Waals surface area contributed by atoms with E-state index in [1.165, 1.54) is 16.4 Å². The lowest BCUT2D eigenvalue weighted by atomic mass is 9.92. The van der Waals surface area contributed by atoms with Gasteiger partial charge in [-0.15, -0.1) is 11.3 Å². The Labute approximate surface area is 142 Å². The molecule has 2 amide bonds. The van der Waals surface area contributed by atoms with Crippen molar-refractivity contribution in [2.24, 2.45) is 0 Å². The zero-order valence-electron chi connectivity index (χ0n) is 12.1. The van der Waals surface area contributed by atoms with Gasteiger partial charge in [0.05, 0.1) is 10.0 Å². The van der Waals surface area contributed by atoms with Crippen LogP contribution in [0.4, 0.5) is 9.80 Å². The van der Waals surface area contributed by atoms with Gasteiger partial charge in [0.15, 0.2) is 0 Å². The topological polar surface area (TPSA) is 66.1 Å². The molecule has 1 fully saturated rings. The predicted octanol–water partition coefficient (Wildman–Crippen LogP) is 3.43. The van der Waals surface area contributed by atoms with Gasteiger partial charge in [0.2, 0.25) is 0 Å². The van der Waals surface area contributed by atoms with Crippen molar-refractivity contribution in [1.29, 1.82) is 0 Å². The Morgan fingerprint density at radius 2 is 2.36 bits per heavy atom. The Bertz CT molecular complexity index is 657. The van der Waals surface area contributed by atoms with Crippen LogP contribution in [0.25, 0.3) is 0 Å². The first-order valence-corrected chi connectivity index (χ1v) is 9.05. The second-order valence-electron chi connectivity index (χ2n) is 5.28. The summed E-state index contributed by atoms with van der Waals surface area (Å²) in [6.07, 6.45) is 0.898. The molecule has 22 heavy (non-hydrogen) atoms. The minimum absolute atomic E-state index is 0.102. The number of aryl methyl sites for hydroxylation is 1. The van der Waals surface area contributed by atoms with Gasteiger partial charge in [-0.1, -0.05) is 11.6 Å². The van der Waals surface area contributed by atoms with Gasteiger partial charge in [-0.3, -0.25) is 5.32 Å². The van der Waals surface area contributed by atoms with E-state index < -0.39 is 0 Å². The number of rotatable bonds is 3. The molecule has 118 valence electrons. The molecular weight excluding hydrogens is 340 g/mol. The third kappa shape index (κ3) is 3.78. The molecule has 8 heteroatoms. The molecule has 1 aliphatic heterocycles. The number of hydrogen-bond acceptors (Lipinski definition) is 5. The molecular formula is C14H17ClN4OS2. The van der Waals surface area contributed by atoms with Gasteiger partial charge in [-0.05, 0) is 49.6 Å². The number of nitrogens with zero attached hydrogens (tertiary/aromatic N) is 1. The van der Waals surface area contributed by atoms with E-state index in [1.807, 2.05) is 25.1 Å². The largest absolute Gasteiger partial charge is 0.334 e. The van der Waals surface area contributed by atoms with Crippen molar-refractivity contribution in [1.82, 2.24) is 15.0 Å². The van der Waals surface area contributed by atoms with Crippen LogP contribution in [-0.2, 0) is 0 Å². The highest BCUT2D eigenvalue weighted by atomic mass is 35.5. The number of amides is 2. The van der Waals surface area contributed by atoms with E-state index in [0.717, 1.165) is 34.5 Å². The van der Waals surface area contributed by atoms with E-state index in [0.29, 0.717) is 0 Å². The van der Waals surface area contributed by atoms with E-state index >= 15 is 0 Å². The number of aromatic nitrogens is 1. The molecule has 2 aromatic rings. The Morgan fingerprint density at radius 3 is 3.05 bits per heavy atom. The molecule has 0 saturated carbocycles. The summed E-state index contributed by atoms with van der Waals surface area (Å²) < 4.78 is 4.94. The van der Waals surface area contributed by atoms with E-state index in [9.17, 15) is 4.79 Å². The normalized spacial score (nSPS) is 21.5. The SMILES string of the molecule is Cc1cc(NC(=O)N[C@@H]2CCNC[C@H]2c2ccc(Cl)s2)sn1. The van der Waals surface area contributed by atoms with Gasteiger partial charge in [-0.2, -0.15) is 4.37 Å². The molecule has 0 aliphatic carbocycles. The average Bonchev–Trinajstić information content (AvgIpc) is 3.08. The highest BCUT2D eigenvalue weighted by molar-refractivity contribution is 7.16. The van der Waals surface area contributed by atoms with Crippen molar-refractivity contribution in [2.75, 3.05) is 18.4 Å². The van der Waals surface area contributed by atoms with Gasteiger partial charge in [0.25, 0.3) is 0 Å². The first-order chi connectivity index (χ1) is 10.6. The molecule has 0 spiro atoms. The van der Waals surface area contributed by atoms with E-state index in [4.69, 9.17) is 11.6 Å². The number of hydrogen-bond donors (Lipinski definition) is 3. The fourth-order valence-electron chi connectivity index (χ4n) is 2.60. The van der Waals surface area contributed by atoms with Gasteiger partial charge in [-0.25, -0.2) is 4.79 Å². The van der Waals surface area contributed by atoms with Gasteiger partial charge in [0, 0.05) is 23.4 Å². The van der Waals surface area contributed by atoms with Crippen molar-refractivity contribution >= 4 is 45.5 Å². The number of halogens is 1. The molecule has 0 bridgehead atoms. The standard InChI is InChI=1S/C14H17ClN4OS2/c1-8-6-13(22-19-8)18-14(20)17-10-4-5-16-7-9(10)11-2-3-12(15)21-11/h2-3,6,9-10,16H,4-5,7H2,1H3,(H2,17,18,20)/t9-,10-/m1/s1. The maximum Gasteiger partial charge on any atom is 0.320 e. The second kappa shape index (κ2) is 6.95. The summed E-state index contributed by atoms with van der Waals surface area (Å²) in [5.41, 5.74) is 0.910. The predicted molar refractivity (Wildman–Crippen MR) is 92.4 cm³/mol. The average molecular weight is 357 g/mol. The molecule has 3 N–H and O–H groups in total. The van der Waals surface area contributed by atoms with Gasteiger partial charge < -0.3 is 10.6 Å². The number of carbonyl (C=O) groups is 1. The summed E-state index contributed by atoms with van der Waals surface area (Å²) in [6, 6.07) is 5.74. The molecule has 0 radical (unpaired) electrons. The van der Waals surface area contributed by atoms with Crippen LogP contribution in [0.1, 0.15) is 22.9 Å². The van der Waals surface area contributed by atoms with Crippen molar-refractivity contribution in [3.8, 4) is 0 Å². The first kappa shape index (κ1) is 15.7. The first-order valence-electron chi connectivity index (χ1n) is 7.08. The van der Waals surface area contributed by atoms with Crippen molar-refractivity contribution < 1.29 is 4.79 Å². The maximum absolute atomic E-state index is 12.2. The van der Waals surface area contributed by atoms with Crippen LogP contribution in [0.15, 0.2) is 18.2 Å². The summed E-state index contributed by atoms with van der Waals surface area (Å²) in [7, 11) is 0. The third-order valence-corrected chi connectivity index (χ3v) is 5.78. The summed E-state index contributed by atoms with van der Waals surface area (Å²) in [6.45, 7) is 3.66. The fourth-order valence-corrected chi connectivity index (χ4v) is 4.48. The summed E-state index contributed by atoms with van der Waals surface area (Å²) in [5, 5.41) is 10.1. The summed E-state index contributed by atoms with van der Waals surface area (Å²) >= 11 is 8.90. The second-order valence-corrected chi connectivity index (χ2v) is 7.83. The molecule has 1 aliphatic rings. The Kier molecular flexibility index (Phi) is 4.97.